The molecule has 1 rings (SSSR count). The van der Waals surface area contributed by atoms with Crippen LogP contribution in [-0.2, 0) is 4.74 Å². The number of hydrogen-bond donors (Lipinski definition) is 0. The molecule has 3 heteroatoms. The van der Waals surface area contributed by atoms with Crippen molar-refractivity contribution in [3.05, 3.63) is 0 Å². The Morgan fingerprint density at radius 2 is 1.47 bits per heavy atom. The van der Waals surface area contributed by atoms with E-state index in [1.54, 1.807) is 0 Å². The molecule has 0 spiro atoms. The van der Waals surface area contributed by atoms with Crippen LogP contribution in [0.2, 0.25) is 0 Å². The molecule has 1 amide bonds. The van der Waals surface area contributed by atoms with E-state index in [0.717, 1.165) is 12.8 Å². The number of hydrogen-bond acceptors (Lipinski definition) is 2. The fraction of sp³-hybridized carbons (Fsp3) is 0.929. The smallest absolute Gasteiger partial charge is 0.411 e. The van der Waals surface area contributed by atoms with Crippen LogP contribution in [0.5, 0.6) is 0 Å². The van der Waals surface area contributed by atoms with Gasteiger partial charge in [-0.25, -0.2) is 4.79 Å². The highest BCUT2D eigenvalue weighted by Crippen LogP contribution is 2.39. The van der Waals surface area contributed by atoms with E-state index in [9.17, 15) is 4.79 Å². The molecule has 0 aliphatic carbocycles. The molecular weight excluding hydrogens is 214 g/mol. The summed E-state index contributed by atoms with van der Waals surface area (Å²) < 4.78 is 5.54. The highest BCUT2D eigenvalue weighted by Gasteiger charge is 2.45. The first-order chi connectivity index (χ1) is 7.46. The number of carbonyl (C=O) groups is 1. The molecule has 1 fully saturated rings. The molecule has 0 atom stereocenters. The molecule has 3 nitrogen and oxygen atoms in total. The maximum atomic E-state index is 12.3. The predicted octanol–water partition coefficient (Wildman–Crippen LogP) is 3.96. The number of nitrogens with zero attached hydrogens (tertiary/aromatic N) is 1. The fourth-order valence-electron chi connectivity index (χ4n) is 2.80. The van der Waals surface area contributed by atoms with Gasteiger partial charge in [0.15, 0.2) is 0 Å². The molecule has 0 aromatic carbocycles. The molecule has 0 aromatic heterocycles. The zero-order valence-electron chi connectivity index (χ0n) is 12.4. The standard InChI is InChI=1S/C14H27NO2/c1-12(2,3)17-11(16)15-13(4,5)9-8-10-14(15,6)7/h8-10H2,1-7H3. The molecule has 100 valence electrons. The summed E-state index contributed by atoms with van der Waals surface area (Å²) in [6.45, 7) is 14.2. The van der Waals surface area contributed by atoms with Gasteiger partial charge in [0, 0.05) is 11.1 Å². The number of rotatable bonds is 0. The largest absolute Gasteiger partial charge is 0.444 e. The molecule has 0 N–H and O–H groups in total. The average Bonchev–Trinajstić information content (AvgIpc) is 1.94. The number of likely N-dealkylation sites (tertiary alicyclic amines) is 1. The third-order valence-corrected chi connectivity index (χ3v) is 3.36. The van der Waals surface area contributed by atoms with Crippen LogP contribution in [0.25, 0.3) is 0 Å². The summed E-state index contributed by atoms with van der Waals surface area (Å²) in [6.07, 6.45) is 3.05. The third kappa shape index (κ3) is 3.36. The van der Waals surface area contributed by atoms with Crippen molar-refractivity contribution in [2.45, 2.75) is 84.4 Å². The van der Waals surface area contributed by atoms with Gasteiger partial charge in [-0.2, -0.15) is 0 Å². The van der Waals surface area contributed by atoms with E-state index in [4.69, 9.17) is 4.74 Å². The van der Waals surface area contributed by atoms with Crippen LogP contribution in [0.4, 0.5) is 4.79 Å². The van der Waals surface area contributed by atoms with Gasteiger partial charge >= 0.3 is 6.09 Å². The summed E-state index contributed by atoms with van der Waals surface area (Å²) in [4.78, 5) is 14.3. The molecule has 0 bridgehead atoms. The monoisotopic (exact) mass is 241 g/mol. The second kappa shape index (κ2) is 4.18. The molecule has 1 heterocycles. The fourth-order valence-corrected chi connectivity index (χ4v) is 2.80. The van der Waals surface area contributed by atoms with Crippen molar-refractivity contribution < 1.29 is 9.53 Å². The van der Waals surface area contributed by atoms with Crippen molar-refractivity contribution in [2.75, 3.05) is 0 Å². The Hall–Kier alpha value is -0.730. The van der Waals surface area contributed by atoms with Crippen LogP contribution in [-0.4, -0.2) is 27.7 Å². The second-order valence-electron chi connectivity index (χ2n) is 7.29. The quantitative estimate of drug-likeness (QED) is 0.642. The van der Waals surface area contributed by atoms with Gasteiger partial charge in [0.25, 0.3) is 0 Å². The van der Waals surface area contributed by atoms with Crippen LogP contribution >= 0.6 is 0 Å². The van der Waals surface area contributed by atoms with Crippen LogP contribution in [0.15, 0.2) is 0 Å². The number of piperidine rings is 1. The SMILES string of the molecule is CC(C)(C)OC(=O)N1C(C)(C)CCCC1(C)C. The lowest BCUT2D eigenvalue weighted by Crippen LogP contribution is -2.61. The van der Waals surface area contributed by atoms with Crippen LogP contribution in [0, 0.1) is 0 Å². The minimum absolute atomic E-state index is 0.121. The summed E-state index contributed by atoms with van der Waals surface area (Å²) in [5.41, 5.74) is -0.672. The van der Waals surface area contributed by atoms with Gasteiger partial charge in [-0.1, -0.05) is 0 Å². The first kappa shape index (κ1) is 14.3. The van der Waals surface area contributed by atoms with E-state index in [1.807, 2.05) is 25.7 Å². The van der Waals surface area contributed by atoms with Crippen LogP contribution in [0.1, 0.15) is 67.7 Å². The van der Waals surface area contributed by atoms with E-state index in [2.05, 4.69) is 27.7 Å². The van der Waals surface area contributed by atoms with Crippen LogP contribution in [0.3, 0.4) is 0 Å². The summed E-state index contributed by atoms with van der Waals surface area (Å²) in [5, 5.41) is 0. The van der Waals surface area contributed by atoms with Crippen molar-refractivity contribution in [1.29, 1.82) is 0 Å². The Morgan fingerprint density at radius 3 is 1.82 bits per heavy atom. The summed E-state index contributed by atoms with van der Waals surface area (Å²) in [6, 6.07) is 0. The molecule has 0 unspecified atom stereocenters. The molecule has 0 aromatic rings. The maximum absolute atomic E-state index is 12.3. The average molecular weight is 241 g/mol. The van der Waals surface area contributed by atoms with Gasteiger partial charge in [-0.15, -0.1) is 0 Å². The van der Waals surface area contributed by atoms with Gasteiger partial charge in [0.05, 0.1) is 0 Å². The highest BCUT2D eigenvalue weighted by atomic mass is 16.6. The Morgan fingerprint density at radius 1 is 1.06 bits per heavy atom. The topological polar surface area (TPSA) is 29.5 Å². The molecule has 1 aliphatic heterocycles. The molecule has 0 saturated carbocycles. The van der Waals surface area contributed by atoms with Crippen molar-refractivity contribution >= 4 is 6.09 Å². The van der Waals surface area contributed by atoms with Gasteiger partial charge in [0.1, 0.15) is 5.60 Å². The number of ether oxygens (including phenoxy) is 1. The lowest BCUT2D eigenvalue weighted by Gasteiger charge is -2.52. The number of amides is 1. The Balaban J connectivity index is 2.94. The Bertz CT molecular complexity index is 284. The number of carbonyl (C=O) groups excluding carboxylic acids is 1. The normalized spacial score (nSPS) is 23.4. The maximum Gasteiger partial charge on any atom is 0.411 e. The first-order valence-electron chi connectivity index (χ1n) is 6.49. The van der Waals surface area contributed by atoms with E-state index >= 15 is 0 Å². The van der Waals surface area contributed by atoms with Gasteiger partial charge in [-0.05, 0) is 67.7 Å². The van der Waals surface area contributed by atoms with E-state index < -0.39 is 5.60 Å². The lowest BCUT2D eigenvalue weighted by molar-refractivity contribution is -0.0507. The summed E-state index contributed by atoms with van der Waals surface area (Å²) in [7, 11) is 0. The molecule has 1 saturated heterocycles. The summed E-state index contributed by atoms with van der Waals surface area (Å²) in [5.74, 6) is 0. The molecule has 17 heavy (non-hydrogen) atoms. The minimum atomic E-state index is -0.430. The van der Waals surface area contributed by atoms with Crippen molar-refractivity contribution in [3.8, 4) is 0 Å². The van der Waals surface area contributed by atoms with Gasteiger partial charge in [-0.3, -0.25) is 4.90 Å². The van der Waals surface area contributed by atoms with E-state index in [0.29, 0.717) is 0 Å². The zero-order valence-corrected chi connectivity index (χ0v) is 12.4. The van der Waals surface area contributed by atoms with Crippen molar-refractivity contribution in [2.24, 2.45) is 0 Å². The molecule has 1 aliphatic rings. The zero-order chi connectivity index (χ0) is 13.5. The lowest BCUT2D eigenvalue weighted by atomic mass is 9.80. The summed E-state index contributed by atoms with van der Waals surface area (Å²) >= 11 is 0. The van der Waals surface area contributed by atoms with Gasteiger partial charge < -0.3 is 4.74 Å². The van der Waals surface area contributed by atoms with E-state index in [-0.39, 0.29) is 17.2 Å². The van der Waals surface area contributed by atoms with Crippen LogP contribution < -0.4 is 0 Å². The van der Waals surface area contributed by atoms with Crippen molar-refractivity contribution in [1.82, 2.24) is 4.90 Å². The third-order valence-electron chi connectivity index (χ3n) is 3.36. The van der Waals surface area contributed by atoms with E-state index in [1.165, 1.54) is 6.42 Å². The molecule has 0 radical (unpaired) electrons. The van der Waals surface area contributed by atoms with Crippen molar-refractivity contribution in [3.63, 3.8) is 0 Å². The minimum Gasteiger partial charge on any atom is -0.444 e. The predicted molar refractivity (Wildman–Crippen MR) is 70.1 cm³/mol. The second-order valence-corrected chi connectivity index (χ2v) is 7.29. The van der Waals surface area contributed by atoms with Gasteiger partial charge in [0.2, 0.25) is 0 Å². The first-order valence-corrected chi connectivity index (χ1v) is 6.49. The molecular formula is C14H27NO2. The highest BCUT2D eigenvalue weighted by molar-refractivity contribution is 5.70. The Kier molecular flexibility index (Phi) is 3.52. The Labute approximate surface area is 106 Å².